The Kier molecular flexibility index (Phi) is 3.87. The molecule has 0 unspecified atom stereocenters. The average molecular weight is 292 g/mol. The molecule has 2 N–H and O–H groups in total. The molecule has 0 saturated carbocycles. The molecule has 0 aromatic carbocycles. The molecule has 0 aliphatic rings. The van der Waals surface area contributed by atoms with Crippen molar-refractivity contribution in [3.05, 3.63) is 20.3 Å². The van der Waals surface area contributed by atoms with E-state index in [1.165, 1.54) is 18.3 Å². The zero-order valence-electron chi connectivity index (χ0n) is 8.20. The van der Waals surface area contributed by atoms with Gasteiger partial charge in [0.2, 0.25) is 0 Å². The highest BCUT2D eigenvalue weighted by molar-refractivity contribution is 9.10. The molecule has 0 saturated heterocycles. The van der Waals surface area contributed by atoms with E-state index in [1.54, 1.807) is 0 Å². The lowest BCUT2D eigenvalue weighted by Gasteiger charge is -2.07. The van der Waals surface area contributed by atoms with E-state index in [1.807, 2.05) is 12.3 Å². The van der Waals surface area contributed by atoms with E-state index in [0.29, 0.717) is 4.88 Å². The van der Waals surface area contributed by atoms with Gasteiger partial charge in [0.1, 0.15) is 10.9 Å². The number of hydrogen-bond acceptors (Lipinski definition) is 3. The zero-order chi connectivity index (χ0) is 11.6. The van der Waals surface area contributed by atoms with Crippen LogP contribution in [-0.4, -0.2) is 23.0 Å². The fraction of sp³-hybridized carbons (Fsp3) is 0.333. The molecule has 0 aliphatic heterocycles. The Labute approximate surface area is 99.4 Å². The molecule has 0 radical (unpaired) electrons. The third-order valence-corrected chi connectivity index (χ3v) is 4.20. The van der Waals surface area contributed by atoms with Crippen LogP contribution in [-0.2, 0) is 4.79 Å². The van der Waals surface area contributed by atoms with Crippen molar-refractivity contribution in [2.45, 2.75) is 19.9 Å². The van der Waals surface area contributed by atoms with Crippen molar-refractivity contribution in [1.82, 2.24) is 5.32 Å². The van der Waals surface area contributed by atoms with Gasteiger partial charge in [-0.05, 0) is 40.7 Å². The van der Waals surface area contributed by atoms with Gasteiger partial charge in [0.05, 0.1) is 0 Å². The summed E-state index contributed by atoms with van der Waals surface area (Å²) in [6.45, 7) is 3.30. The van der Waals surface area contributed by atoms with Gasteiger partial charge in [0.15, 0.2) is 0 Å². The van der Waals surface area contributed by atoms with Gasteiger partial charge in [0, 0.05) is 4.47 Å². The standard InChI is InChI=1S/C9H10BrNO3S/c1-4-3-15-7(6(4)10)8(12)11-5(2)9(13)14/h3,5H,1-2H3,(H,11,12)(H,13,14)/t5-/m0/s1. The van der Waals surface area contributed by atoms with E-state index in [9.17, 15) is 9.59 Å². The van der Waals surface area contributed by atoms with E-state index < -0.39 is 12.0 Å². The molecular formula is C9H10BrNO3S. The largest absolute Gasteiger partial charge is 0.480 e. The van der Waals surface area contributed by atoms with Gasteiger partial charge >= 0.3 is 5.97 Å². The number of halogens is 1. The number of nitrogens with one attached hydrogen (secondary N) is 1. The van der Waals surface area contributed by atoms with Crippen molar-refractivity contribution in [2.75, 3.05) is 0 Å². The SMILES string of the molecule is Cc1csc(C(=O)N[C@@H](C)C(=O)O)c1Br. The Morgan fingerprint density at radius 1 is 1.60 bits per heavy atom. The first-order chi connectivity index (χ1) is 6.93. The summed E-state index contributed by atoms with van der Waals surface area (Å²) in [6.07, 6.45) is 0. The molecule has 0 bridgehead atoms. The zero-order valence-corrected chi connectivity index (χ0v) is 10.6. The Bertz CT molecular complexity index is 402. The van der Waals surface area contributed by atoms with Crippen LogP contribution in [0.1, 0.15) is 22.2 Å². The quantitative estimate of drug-likeness (QED) is 0.895. The maximum atomic E-state index is 11.6. The number of carbonyl (C=O) groups excluding carboxylic acids is 1. The van der Waals surface area contributed by atoms with Crippen LogP contribution in [0.3, 0.4) is 0 Å². The smallest absolute Gasteiger partial charge is 0.325 e. The maximum absolute atomic E-state index is 11.6. The van der Waals surface area contributed by atoms with Gasteiger partial charge in [-0.25, -0.2) is 0 Å². The third kappa shape index (κ3) is 2.79. The first-order valence-corrected chi connectivity index (χ1v) is 5.88. The summed E-state index contributed by atoms with van der Waals surface area (Å²) in [4.78, 5) is 22.6. The number of aryl methyl sites for hydroxylation is 1. The van der Waals surface area contributed by atoms with Crippen LogP contribution < -0.4 is 5.32 Å². The first-order valence-electron chi connectivity index (χ1n) is 4.20. The molecule has 0 fully saturated rings. The fourth-order valence-electron chi connectivity index (χ4n) is 0.907. The predicted molar refractivity (Wildman–Crippen MR) is 61.3 cm³/mol. The van der Waals surface area contributed by atoms with Crippen molar-refractivity contribution < 1.29 is 14.7 Å². The molecule has 1 aromatic heterocycles. The molecular weight excluding hydrogens is 282 g/mol. The number of thiophene rings is 1. The molecule has 1 rings (SSSR count). The minimum atomic E-state index is -1.05. The Hall–Kier alpha value is -0.880. The molecule has 6 heteroatoms. The van der Waals surface area contributed by atoms with Gasteiger partial charge in [0.25, 0.3) is 5.91 Å². The van der Waals surface area contributed by atoms with E-state index in [2.05, 4.69) is 21.2 Å². The molecule has 82 valence electrons. The van der Waals surface area contributed by atoms with E-state index in [4.69, 9.17) is 5.11 Å². The number of amides is 1. The lowest BCUT2D eigenvalue weighted by Crippen LogP contribution is -2.38. The van der Waals surface area contributed by atoms with Gasteiger partial charge < -0.3 is 10.4 Å². The minimum absolute atomic E-state index is 0.366. The highest BCUT2D eigenvalue weighted by Crippen LogP contribution is 2.27. The van der Waals surface area contributed by atoms with Crippen molar-refractivity contribution in [3.63, 3.8) is 0 Å². The molecule has 0 spiro atoms. The summed E-state index contributed by atoms with van der Waals surface area (Å²) in [6, 6.07) is -0.883. The van der Waals surface area contributed by atoms with Gasteiger partial charge in [-0.2, -0.15) is 0 Å². The van der Waals surface area contributed by atoms with Crippen LogP contribution >= 0.6 is 27.3 Å². The van der Waals surface area contributed by atoms with Gasteiger partial charge in [-0.3, -0.25) is 9.59 Å². The third-order valence-electron chi connectivity index (χ3n) is 1.82. The molecule has 1 heterocycles. The second-order valence-corrected chi connectivity index (χ2v) is 4.77. The molecule has 15 heavy (non-hydrogen) atoms. The Morgan fingerprint density at radius 3 is 2.60 bits per heavy atom. The highest BCUT2D eigenvalue weighted by atomic mass is 79.9. The average Bonchev–Trinajstić information content (AvgIpc) is 2.47. The lowest BCUT2D eigenvalue weighted by atomic mass is 10.3. The second-order valence-electron chi connectivity index (χ2n) is 3.10. The number of aliphatic carboxylic acids is 1. The number of carbonyl (C=O) groups is 2. The minimum Gasteiger partial charge on any atom is -0.480 e. The van der Waals surface area contributed by atoms with Crippen LogP contribution in [0, 0.1) is 6.92 Å². The fourth-order valence-corrected chi connectivity index (χ4v) is 2.48. The summed E-state index contributed by atoms with van der Waals surface area (Å²) in [5.74, 6) is -1.41. The highest BCUT2D eigenvalue weighted by Gasteiger charge is 2.19. The molecule has 0 aliphatic carbocycles. The maximum Gasteiger partial charge on any atom is 0.325 e. The summed E-state index contributed by atoms with van der Waals surface area (Å²) < 4.78 is 0.725. The van der Waals surface area contributed by atoms with E-state index in [0.717, 1.165) is 10.0 Å². The van der Waals surface area contributed by atoms with E-state index in [-0.39, 0.29) is 5.91 Å². The van der Waals surface area contributed by atoms with E-state index >= 15 is 0 Å². The van der Waals surface area contributed by atoms with Crippen LogP contribution in [0.25, 0.3) is 0 Å². The lowest BCUT2D eigenvalue weighted by molar-refractivity contribution is -0.138. The van der Waals surface area contributed by atoms with Crippen LogP contribution in [0.4, 0.5) is 0 Å². The van der Waals surface area contributed by atoms with Gasteiger partial charge in [-0.15, -0.1) is 11.3 Å². The summed E-state index contributed by atoms with van der Waals surface area (Å²) in [5.41, 5.74) is 0.966. The van der Waals surface area contributed by atoms with Gasteiger partial charge in [-0.1, -0.05) is 0 Å². The Balaban J connectivity index is 2.78. The predicted octanol–water partition coefficient (Wildman–Crippen LogP) is 2.02. The molecule has 1 aromatic rings. The number of carboxylic acid groups (broad SMARTS) is 1. The summed E-state index contributed by atoms with van der Waals surface area (Å²) >= 11 is 4.57. The second kappa shape index (κ2) is 4.76. The van der Waals surface area contributed by atoms with Crippen LogP contribution in [0.2, 0.25) is 0 Å². The van der Waals surface area contributed by atoms with Crippen molar-refractivity contribution in [3.8, 4) is 0 Å². The summed E-state index contributed by atoms with van der Waals surface area (Å²) in [7, 11) is 0. The van der Waals surface area contributed by atoms with Crippen molar-refractivity contribution in [2.24, 2.45) is 0 Å². The van der Waals surface area contributed by atoms with Crippen molar-refractivity contribution >= 4 is 39.1 Å². The monoisotopic (exact) mass is 291 g/mol. The topological polar surface area (TPSA) is 66.4 Å². The van der Waals surface area contributed by atoms with Crippen LogP contribution in [0.5, 0.6) is 0 Å². The number of hydrogen-bond donors (Lipinski definition) is 2. The molecule has 1 amide bonds. The number of carboxylic acids is 1. The Morgan fingerprint density at radius 2 is 2.20 bits per heavy atom. The summed E-state index contributed by atoms with van der Waals surface area (Å²) in [5, 5.41) is 12.9. The molecule has 4 nitrogen and oxygen atoms in total. The van der Waals surface area contributed by atoms with Crippen LogP contribution in [0.15, 0.2) is 9.85 Å². The van der Waals surface area contributed by atoms with Crippen molar-refractivity contribution in [1.29, 1.82) is 0 Å². The normalized spacial score (nSPS) is 12.2. The number of rotatable bonds is 3. The first kappa shape index (κ1) is 12.2. The molecule has 1 atom stereocenters.